The first-order valence-electron chi connectivity index (χ1n) is 6.94. The van der Waals surface area contributed by atoms with Gasteiger partial charge in [0.15, 0.2) is 5.78 Å². The molecule has 1 aromatic carbocycles. The second kappa shape index (κ2) is 7.55. The number of ether oxygens (including phenoxy) is 1. The van der Waals surface area contributed by atoms with Gasteiger partial charge in [-0.25, -0.2) is 4.79 Å². The fraction of sp³-hybridized carbons (Fsp3) is 0.294. The van der Waals surface area contributed by atoms with Crippen LogP contribution < -0.4 is 0 Å². The Kier molecular flexibility index (Phi) is 5.46. The molecule has 1 heterocycles. The van der Waals surface area contributed by atoms with Gasteiger partial charge in [0.05, 0.1) is 6.10 Å². The number of ketones is 1. The largest absolute Gasteiger partial charge is 0.459 e. The predicted octanol–water partition coefficient (Wildman–Crippen LogP) is 2.28. The van der Waals surface area contributed by atoms with Gasteiger partial charge in [-0.2, -0.15) is 0 Å². The van der Waals surface area contributed by atoms with Crippen molar-refractivity contribution in [2.75, 3.05) is 0 Å². The zero-order valence-electron chi connectivity index (χ0n) is 11.6. The van der Waals surface area contributed by atoms with Crippen LogP contribution in [0.2, 0.25) is 0 Å². The maximum atomic E-state index is 11.8. The SMILES string of the molecule is O=C(/C=C/c1ccccc1)CC(O)CC1CC=CC(=O)O1. The van der Waals surface area contributed by atoms with Gasteiger partial charge in [-0.1, -0.05) is 42.5 Å². The van der Waals surface area contributed by atoms with Gasteiger partial charge in [0, 0.05) is 25.3 Å². The molecule has 0 saturated heterocycles. The average molecular weight is 286 g/mol. The van der Waals surface area contributed by atoms with Crippen molar-refractivity contribution in [1.29, 1.82) is 0 Å². The Morgan fingerprint density at radius 2 is 2.14 bits per heavy atom. The lowest BCUT2D eigenvalue weighted by molar-refractivity contribution is -0.145. The Morgan fingerprint density at radius 3 is 2.86 bits per heavy atom. The Balaban J connectivity index is 1.78. The van der Waals surface area contributed by atoms with Crippen molar-refractivity contribution in [3.63, 3.8) is 0 Å². The van der Waals surface area contributed by atoms with E-state index in [4.69, 9.17) is 4.74 Å². The molecule has 4 nitrogen and oxygen atoms in total. The lowest BCUT2D eigenvalue weighted by Crippen LogP contribution is -2.26. The van der Waals surface area contributed by atoms with Crippen LogP contribution in [0, 0.1) is 0 Å². The van der Waals surface area contributed by atoms with Crippen molar-refractivity contribution in [2.45, 2.75) is 31.5 Å². The third-order valence-corrected chi connectivity index (χ3v) is 3.17. The number of carbonyl (C=O) groups is 2. The molecule has 2 unspecified atom stereocenters. The molecule has 110 valence electrons. The summed E-state index contributed by atoms with van der Waals surface area (Å²) in [5, 5.41) is 9.89. The summed E-state index contributed by atoms with van der Waals surface area (Å²) >= 11 is 0. The van der Waals surface area contributed by atoms with Crippen LogP contribution in [0.1, 0.15) is 24.8 Å². The molecule has 0 fully saturated rings. The van der Waals surface area contributed by atoms with Gasteiger partial charge in [-0.3, -0.25) is 4.79 Å². The quantitative estimate of drug-likeness (QED) is 0.643. The van der Waals surface area contributed by atoms with Crippen LogP contribution in [0.25, 0.3) is 6.08 Å². The molecule has 0 aliphatic carbocycles. The summed E-state index contributed by atoms with van der Waals surface area (Å²) in [7, 11) is 0. The molecule has 1 aromatic rings. The maximum absolute atomic E-state index is 11.8. The highest BCUT2D eigenvalue weighted by atomic mass is 16.5. The van der Waals surface area contributed by atoms with E-state index in [0.29, 0.717) is 6.42 Å². The first-order valence-corrected chi connectivity index (χ1v) is 6.94. The first-order chi connectivity index (χ1) is 10.1. The molecule has 0 bridgehead atoms. The average Bonchev–Trinajstić information content (AvgIpc) is 2.46. The van der Waals surface area contributed by atoms with E-state index >= 15 is 0 Å². The Morgan fingerprint density at radius 1 is 1.38 bits per heavy atom. The molecule has 2 rings (SSSR count). The van der Waals surface area contributed by atoms with E-state index in [1.807, 2.05) is 30.3 Å². The van der Waals surface area contributed by atoms with E-state index in [0.717, 1.165) is 5.56 Å². The third kappa shape index (κ3) is 5.36. The van der Waals surface area contributed by atoms with Gasteiger partial charge in [0.25, 0.3) is 0 Å². The molecule has 0 radical (unpaired) electrons. The van der Waals surface area contributed by atoms with Crippen LogP contribution in [0.5, 0.6) is 0 Å². The minimum atomic E-state index is -0.803. The number of esters is 1. The van der Waals surface area contributed by atoms with Crippen molar-refractivity contribution in [1.82, 2.24) is 0 Å². The van der Waals surface area contributed by atoms with Gasteiger partial charge >= 0.3 is 5.97 Å². The molecular formula is C17H18O4. The van der Waals surface area contributed by atoms with Crippen LogP contribution in [0.3, 0.4) is 0 Å². The number of rotatable bonds is 6. The van der Waals surface area contributed by atoms with Gasteiger partial charge in [-0.15, -0.1) is 0 Å². The zero-order chi connectivity index (χ0) is 15.1. The minimum Gasteiger partial charge on any atom is -0.459 e. The molecule has 1 aliphatic heterocycles. The standard InChI is InChI=1S/C17H18O4/c18-14(10-9-13-5-2-1-3-6-13)11-15(19)12-16-7-4-8-17(20)21-16/h1-6,8-10,15-16,19H,7,11-12H2/b10-9+. The summed E-state index contributed by atoms with van der Waals surface area (Å²) in [5.41, 5.74) is 0.937. The summed E-state index contributed by atoms with van der Waals surface area (Å²) < 4.78 is 5.05. The third-order valence-electron chi connectivity index (χ3n) is 3.17. The van der Waals surface area contributed by atoms with E-state index in [2.05, 4.69) is 0 Å². The molecule has 21 heavy (non-hydrogen) atoms. The number of aliphatic hydroxyl groups is 1. The summed E-state index contributed by atoms with van der Waals surface area (Å²) in [5.74, 6) is -0.544. The number of aliphatic hydroxyl groups excluding tert-OH is 1. The zero-order valence-corrected chi connectivity index (χ0v) is 11.6. The van der Waals surface area contributed by atoms with Crippen LogP contribution >= 0.6 is 0 Å². The minimum absolute atomic E-state index is 0.0289. The van der Waals surface area contributed by atoms with Crippen LogP contribution in [0.4, 0.5) is 0 Å². The second-order valence-electron chi connectivity index (χ2n) is 5.00. The summed E-state index contributed by atoms with van der Waals surface area (Å²) in [4.78, 5) is 22.8. The number of hydrogen-bond acceptors (Lipinski definition) is 4. The molecule has 0 aromatic heterocycles. The number of carbonyl (C=O) groups excluding carboxylic acids is 2. The Bertz CT molecular complexity index is 545. The summed E-state index contributed by atoms with van der Waals surface area (Å²) in [6.07, 6.45) is 6.02. The highest BCUT2D eigenvalue weighted by molar-refractivity contribution is 5.93. The number of allylic oxidation sites excluding steroid dienone is 1. The van der Waals surface area contributed by atoms with Crippen molar-refractivity contribution in [3.8, 4) is 0 Å². The maximum Gasteiger partial charge on any atom is 0.330 e. The molecular weight excluding hydrogens is 268 g/mol. The molecule has 1 N–H and O–H groups in total. The van der Waals surface area contributed by atoms with Gasteiger partial charge in [0.1, 0.15) is 6.10 Å². The van der Waals surface area contributed by atoms with E-state index in [9.17, 15) is 14.7 Å². The molecule has 0 amide bonds. The van der Waals surface area contributed by atoms with Crippen molar-refractivity contribution in [3.05, 3.63) is 54.1 Å². The summed E-state index contributed by atoms with van der Waals surface area (Å²) in [6.45, 7) is 0. The molecule has 4 heteroatoms. The van der Waals surface area contributed by atoms with Crippen LogP contribution in [-0.4, -0.2) is 29.1 Å². The molecule has 1 aliphatic rings. The van der Waals surface area contributed by atoms with Crippen molar-refractivity contribution < 1.29 is 19.4 Å². The lowest BCUT2D eigenvalue weighted by atomic mass is 10.0. The van der Waals surface area contributed by atoms with E-state index in [1.165, 1.54) is 12.2 Å². The highest BCUT2D eigenvalue weighted by Crippen LogP contribution is 2.15. The number of hydrogen-bond donors (Lipinski definition) is 1. The lowest BCUT2D eigenvalue weighted by Gasteiger charge is -2.20. The fourth-order valence-corrected chi connectivity index (χ4v) is 2.15. The smallest absolute Gasteiger partial charge is 0.330 e. The Labute approximate surface area is 123 Å². The van der Waals surface area contributed by atoms with Crippen molar-refractivity contribution in [2.24, 2.45) is 0 Å². The van der Waals surface area contributed by atoms with Gasteiger partial charge in [0.2, 0.25) is 0 Å². The monoisotopic (exact) mass is 286 g/mol. The molecule has 2 atom stereocenters. The number of benzene rings is 1. The van der Waals surface area contributed by atoms with Gasteiger partial charge < -0.3 is 9.84 Å². The highest BCUT2D eigenvalue weighted by Gasteiger charge is 2.20. The second-order valence-corrected chi connectivity index (χ2v) is 5.00. The van der Waals surface area contributed by atoms with E-state index < -0.39 is 12.1 Å². The fourth-order valence-electron chi connectivity index (χ4n) is 2.15. The van der Waals surface area contributed by atoms with Crippen molar-refractivity contribution >= 4 is 17.8 Å². The van der Waals surface area contributed by atoms with Crippen LogP contribution in [0.15, 0.2) is 48.6 Å². The topological polar surface area (TPSA) is 63.6 Å². The van der Waals surface area contributed by atoms with Gasteiger partial charge in [-0.05, 0) is 11.6 Å². The number of cyclic esters (lactones) is 1. The van der Waals surface area contributed by atoms with Crippen LogP contribution in [-0.2, 0) is 14.3 Å². The van der Waals surface area contributed by atoms with E-state index in [-0.39, 0.29) is 24.7 Å². The predicted molar refractivity (Wildman–Crippen MR) is 79.4 cm³/mol. The Hall–Kier alpha value is -2.20. The first kappa shape index (κ1) is 15.2. The van der Waals surface area contributed by atoms with E-state index in [1.54, 1.807) is 12.2 Å². The normalized spacial score (nSPS) is 19.5. The summed E-state index contributed by atoms with van der Waals surface area (Å²) in [6, 6.07) is 9.48. The molecule has 0 saturated carbocycles. The molecule has 0 spiro atoms.